The summed E-state index contributed by atoms with van der Waals surface area (Å²) in [5.41, 5.74) is -1.28. The van der Waals surface area contributed by atoms with E-state index in [9.17, 15) is 22.8 Å². The summed E-state index contributed by atoms with van der Waals surface area (Å²) in [6.45, 7) is -0.836. The van der Waals surface area contributed by atoms with Crippen LogP contribution in [-0.4, -0.2) is 43.0 Å². The molecule has 8 nitrogen and oxygen atoms in total. The monoisotopic (exact) mass is 307 g/mol. The number of alkyl halides is 3. The minimum atomic E-state index is -4.76. The summed E-state index contributed by atoms with van der Waals surface area (Å²) in [6.07, 6.45) is -7.33. The largest absolute Gasteiger partial charge is 0.416 e. The first-order valence-electron chi connectivity index (χ1n) is 5.77. The molecule has 0 fully saturated rings. The smallest absolute Gasteiger partial charge is 0.382 e. The molecule has 0 radical (unpaired) electrons. The molecule has 0 aliphatic carbocycles. The number of aryl methyl sites for hydroxylation is 1. The van der Waals surface area contributed by atoms with E-state index in [2.05, 4.69) is 15.3 Å². The lowest BCUT2D eigenvalue weighted by atomic mass is 10.3. The molecular formula is C10H12F3N5O3. The van der Waals surface area contributed by atoms with Gasteiger partial charge in [-0.05, 0) is 0 Å². The highest BCUT2D eigenvalue weighted by molar-refractivity contribution is 5.72. The van der Waals surface area contributed by atoms with Crippen molar-refractivity contribution in [1.82, 2.24) is 19.1 Å². The molecule has 2 aromatic heterocycles. The molecule has 11 heteroatoms. The van der Waals surface area contributed by atoms with Crippen LogP contribution in [0.1, 0.15) is 0 Å². The molecule has 0 aliphatic heterocycles. The highest BCUT2D eigenvalue weighted by Crippen LogP contribution is 2.20. The number of aromatic nitrogens is 4. The van der Waals surface area contributed by atoms with Gasteiger partial charge in [-0.15, -0.1) is 0 Å². The predicted molar refractivity (Wildman–Crippen MR) is 67.1 cm³/mol. The molecule has 0 spiro atoms. The van der Waals surface area contributed by atoms with Crippen LogP contribution in [0.3, 0.4) is 0 Å². The maximum atomic E-state index is 12.2. The number of hydrogen-bond acceptors (Lipinski definition) is 5. The molecule has 2 aromatic rings. The van der Waals surface area contributed by atoms with Crippen LogP contribution in [0.2, 0.25) is 0 Å². The summed E-state index contributed by atoms with van der Waals surface area (Å²) in [6, 6.07) is 0. The van der Waals surface area contributed by atoms with Gasteiger partial charge in [0.25, 0.3) is 5.56 Å². The average molecular weight is 307 g/mol. The number of fused-ring (bicyclic) bond motifs is 1. The van der Waals surface area contributed by atoms with Crippen LogP contribution in [0.4, 0.5) is 19.1 Å². The van der Waals surface area contributed by atoms with Crippen LogP contribution in [-0.2, 0) is 14.1 Å². The number of aliphatic hydroxyl groups is 1. The molecule has 0 amide bonds. The van der Waals surface area contributed by atoms with Crippen LogP contribution in [0.5, 0.6) is 0 Å². The summed E-state index contributed by atoms with van der Waals surface area (Å²) < 4.78 is 38.4. The molecule has 0 saturated heterocycles. The fraction of sp³-hybridized carbons (Fsp3) is 0.500. The molecule has 1 atom stereocenters. The van der Waals surface area contributed by atoms with Gasteiger partial charge in [-0.2, -0.15) is 18.2 Å². The summed E-state index contributed by atoms with van der Waals surface area (Å²) in [5.74, 6) is -0.147. The molecule has 0 bridgehead atoms. The zero-order valence-corrected chi connectivity index (χ0v) is 11.0. The van der Waals surface area contributed by atoms with E-state index < -0.39 is 30.1 Å². The second-order valence-electron chi connectivity index (χ2n) is 4.43. The first-order valence-corrected chi connectivity index (χ1v) is 5.77. The molecule has 2 heterocycles. The van der Waals surface area contributed by atoms with Crippen molar-refractivity contribution in [3.63, 3.8) is 0 Å². The van der Waals surface area contributed by atoms with Crippen molar-refractivity contribution in [2.24, 2.45) is 14.1 Å². The Morgan fingerprint density at radius 1 is 1.33 bits per heavy atom. The van der Waals surface area contributed by atoms with Crippen molar-refractivity contribution in [2.45, 2.75) is 12.3 Å². The number of rotatable bonds is 3. The number of aliphatic hydroxyl groups excluding tert-OH is 1. The third-order valence-electron chi connectivity index (χ3n) is 2.94. The summed E-state index contributed by atoms with van der Waals surface area (Å²) in [5, 5.41) is 11.1. The molecule has 0 aliphatic rings. The van der Waals surface area contributed by atoms with Gasteiger partial charge in [0.05, 0.1) is 6.54 Å². The Morgan fingerprint density at radius 3 is 2.52 bits per heavy atom. The third-order valence-corrected chi connectivity index (χ3v) is 2.94. The minimum Gasteiger partial charge on any atom is -0.382 e. The second-order valence-corrected chi connectivity index (χ2v) is 4.43. The van der Waals surface area contributed by atoms with Gasteiger partial charge in [-0.1, -0.05) is 0 Å². The van der Waals surface area contributed by atoms with E-state index in [0.717, 1.165) is 9.13 Å². The number of halogens is 3. The Morgan fingerprint density at radius 2 is 1.95 bits per heavy atom. The normalized spacial score (nSPS) is 13.6. The zero-order chi connectivity index (χ0) is 15.9. The SMILES string of the molecule is Cn1c(=O)c2[nH]c(NCC(O)C(F)(F)F)nc2n(C)c1=O. The number of imidazole rings is 1. The minimum absolute atomic E-state index is 0.00657. The topological polar surface area (TPSA) is 105 Å². The van der Waals surface area contributed by atoms with Crippen molar-refractivity contribution in [3.8, 4) is 0 Å². The quantitative estimate of drug-likeness (QED) is 0.695. The molecule has 1 unspecified atom stereocenters. The maximum absolute atomic E-state index is 12.2. The fourth-order valence-corrected chi connectivity index (χ4v) is 1.72. The van der Waals surface area contributed by atoms with Gasteiger partial charge >= 0.3 is 11.9 Å². The summed E-state index contributed by atoms with van der Waals surface area (Å²) in [4.78, 5) is 29.8. The van der Waals surface area contributed by atoms with Crippen LogP contribution in [0, 0.1) is 0 Å². The van der Waals surface area contributed by atoms with Crippen LogP contribution in [0.15, 0.2) is 9.59 Å². The molecule has 116 valence electrons. The number of nitrogens with zero attached hydrogens (tertiary/aromatic N) is 3. The maximum Gasteiger partial charge on any atom is 0.416 e. The van der Waals surface area contributed by atoms with Gasteiger partial charge in [0, 0.05) is 14.1 Å². The van der Waals surface area contributed by atoms with Gasteiger partial charge in [0.2, 0.25) is 5.95 Å². The van der Waals surface area contributed by atoms with E-state index in [-0.39, 0.29) is 17.1 Å². The Hall–Kier alpha value is -2.30. The van der Waals surface area contributed by atoms with E-state index >= 15 is 0 Å². The van der Waals surface area contributed by atoms with Crippen molar-refractivity contribution in [3.05, 3.63) is 20.8 Å². The lowest BCUT2D eigenvalue weighted by Gasteiger charge is -2.14. The van der Waals surface area contributed by atoms with Crippen LogP contribution >= 0.6 is 0 Å². The van der Waals surface area contributed by atoms with E-state index in [1.807, 2.05) is 0 Å². The Labute approximate surface area is 114 Å². The third kappa shape index (κ3) is 2.63. The Kier molecular flexibility index (Phi) is 3.53. The number of hydrogen-bond donors (Lipinski definition) is 3. The number of anilines is 1. The summed E-state index contributed by atoms with van der Waals surface area (Å²) >= 11 is 0. The lowest BCUT2D eigenvalue weighted by Crippen LogP contribution is -2.36. The van der Waals surface area contributed by atoms with Crippen LogP contribution < -0.4 is 16.6 Å². The molecule has 21 heavy (non-hydrogen) atoms. The molecule has 3 N–H and O–H groups in total. The van der Waals surface area contributed by atoms with Crippen molar-refractivity contribution in [2.75, 3.05) is 11.9 Å². The summed E-state index contributed by atoms with van der Waals surface area (Å²) in [7, 11) is 2.64. The average Bonchev–Trinajstić information content (AvgIpc) is 2.83. The standard InChI is InChI=1S/C10H12F3N5O3/c1-17-6-5(7(20)18(2)9(17)21)15-8(16-6)14-3-4(19)10(11,12)13/h4,19H,3H2,1-2H3,(H2,14,15,16). The number of nitrogens with one attached hydrogen (secondary N) is 2. The number of aromatic amines is 1. The van der Waals surface area contributed by atoms with Gasteiger partial charge < -0.3 is 15.4 Å². The molecule has 2 rings (SSSR count). The Balaban J connectivity index is 2.37. The Bertz CT molecular complexity index is 788. The first-order chi connectivity index (χ1) is 9.62. The molecular weight excluding hydrogens is 295 g/mol. The van der Waals surface area contributed by atoms with E-state index in [1.54, 1.807) is 0 Å². The molecule has 0 saturated carbocycles. The highest BCUT2D eigenvalue weighted by atomic mass is 19.4. The van der Waals surface area contributed by atoms with E-state index in [4.69, 9.17) is 5.11 Å². The zero-order valence-electron chi connectivity index (χ0n) is 11.0. The van der Waals surface area contributed by atoms with E-state index in [0.29, 0.717) is 0 Å². The van der Waals surface area contributed by atoms with Crippen LogP contribution in [0.25, 0.3) is 11.2 Å². The van der Waals surface area contributed by atoms with E-state index in [1.165, 1.54) is 14.1 Å². The van der Waals surface area contributed by atoms with Gasteiger partial charge in [0.15, 0.2) is 17.3 Å². The first kappa shape index (κ1) is 15.1. The number of H-pyrrole nitrogens is 1. The predicted octanol–water partition coefficient (Wildman–Crippen LogP) is -0.705. The lowest BCUT2D eigenvalue weighted by molar-refractivity contribution is -0.198. The van der Waals surface area contributed by atoms with Gasteiger partial charge in [-0.25, -0.2) is 4.79 Å². The van der Waals surface area contributed by atoms with Crippen molar-refractivity contribution >= 4 is 17.1 Å². The second kappa shape index (κ2) is 4.91. The van der Waals surface area contributed by atoms with Crippen molar-refractivity contribution < 1.29 is 18.3 Å². The van der Waals surface area contributed by atoms with Crippen molar-refractivity contribution in [1.29, 1.82) is 0 Å². The van der Waals surface area contributed by atoms with Gasteiger partial charge in [-0.3, -0.25) is 13.9 Å². The van der Waals surface area contributed by atoms with Gasteiger partial charge in [0.1, 0.15) is 0 Å². The molecule has 0 aromatic carbocycles. The fourth-order valence-electron chi connectivity index (χ4n) is 1.72. The highest BCUT2D eigenvalue weighted by Gasteiger charge is 2.38.